The van der Waals surface area contributed by atoms with E-state index in [9.17, 15) is 14.4 Å². The zero-order valence-corrected chi connectivity index (χ0v) is 19.6. The van der Waals surface area contributed by atoms with Gasteiger partial charge in [-0.15, -0.1) is 0 Å². The summed E-state index contributed by atoms with van der Waals surface area (Å²) >= 11 is 1.59. The summed E-state index contributed by atoms with van der Waals surface area (Å²) in [6.07, 6.45) is 1.34. The molecule has 2 aliphatic heterocycles. The van der Waals surface area contributed by atoms with E-state index in [4.69, 9.17) is 4.74 Å². The number of hydrogen-bond acceptors (Lipinski definition) is 5. The minimum absolute atomic E-state index is 0. The number of rotatable bonds is 7. The molecule has 2 aromatic carbocycles. The van der Waals surface area contributed by atoms with E-state index < -0.39 is 12.1 Å². The number of hydrogen-bond donors (Lipinski definition) is 1. The Labute approximate surface area is 214 Å². The van der Waals surface area contributed by atoms with Crippen LogP contribution in [0.2, 0.25) is 0 Å². The first kappa shape index (κ1) is 29.7. The summed E-state index contributed by atoms with van der Waals surface area (Å²) in [6, 6.07) is 17.6. The van der Waals surface area contributed by atoms with Gasteiger partial charge in [0.25, 0.3) is 5.91 Å². The third kappa shape index (κ3) is 7.10. The van der Waals surface area contributed by atoms with Crippen molar-refractivity contribution in [3.8, 4) is 0 Å². The first-order valence-electron chi connectivity index (χ1n) is 10.6. The molecular weight excluding hydrogens is 468 g/mol. The van der Waals surface area contributed by atoms with Crippen molar-refractivity contribution >= 4 is 42.9 Å². The van der Waals surface area contributed by atoms with E-state index in [0.29, 0.717) is 17.9 Å². The van der Waals surface area contributed by atoms with Crippen LogP contribution in [0.4, 0.5) is 0 Å². The number of piperidine rings is 1. The highest BCUT2D eigenvalue weighted by atomic mass is 32.2. The van der Waals surface area contributed by atoms with Crippen LogP contribution in [0.5, 0.6) is 0 Å². The number of nitrogens with zero attached hydrogens (tertiary/aromatic N) is 1. The molecule has 0 aliphatic carbocycles. The van der Waals surface area contributed by atoms with Crippen molar-refractivity contribution in [2.75, 3.05) is 18.9 Å². The highest BCUT2D eigenvalue weighted by molar-refractivity contribution is 7.98. The van der Waals surface area contributed by atoms with Crippen LogP contribution in [0.25, 0.3) is 0 Å². The molecule has 34 heavy (non-hydrogen) atoms. The molecule has 2 fully saturated rings. The molecule has 2 aromatic rings. The second kappa shape index (κ2) is 14.2. The Morgan fingerprint density at radius 1 is 1.06 bits per heavy atom. The lowest BCUT2D eigenvalue weighted by atomic mass is 9.97. The smallest absolute Gasteiger partial charge is 0.251 e. The van der Waals surface area contributed by atoms with Gasteiger partial charge in [0.1, 0.15) is 18.7 Å². The van der Waals surface area contributed by atoms with Gasteiger partial charge < -0.3 is 15.0 Å². The number of fused-ring (bicyclic) bond motifs is 1. The maximum Gasteiger partial charge on any atom is 0.251 e. The summed E-state index contributed by atoms with van der Waals surface area (Å²) in [5.74, 6) is 0.609. The molecule has 1 N–H and O–H groups in total. The fourth-order valence-corrected chi connectivity index (χ4v) is 5.12. The summed E-state index contributed by atoms with van der Waals surface area (Å²) in [4.78, 5) is 40.3. The van der Waals surface area contributed by atoms with Gasteiger partial charge in [-0.2, -0.15) is 25.3 Å². The van der Waals surface area contributed by atoms with E-state index in [1.165, 1.54) is 0 Å². The molecule has 4 rings (SSSR count). The molecule has 3 atom stereocenters. The SMILES string of the molecule is C.C.O=C(N[C@@H](CSCc1ccccc1)C(=O)N1CCC[C@H]2OCC(=O)[C@H]21)c1ccccc1.S. The predicted octanol–water partition coefficient (Wildman–Crippen LogP) is 4.06. The number of amides is 2. The van der Waals surface area contributed by atoms with Gasteiger partial charge in [0.2, 0.25) is 5.91 Å². The van der Waals surface area contributed by atoms with Gasteiger partial charge in [-0.25, -0.2) is 0 Å². The molecule has 0 bridgehead atoms. The molecule has 0 radical (unpaired) electrons. The van der Waals surface area contributed by atoms with Crippen LogP contribution >= 0.6 is 25.3 Å². The summed E-state index contributed by atoms with van der Waals surface area (Å²) in [5.41, 5.74) is 1.66. The molecule has 0 aromatic heterocycles. The minimum atomic E-state index is -0.714. The first-order chi connectivity index (χ1) is 15.1. The molecule has 2 amide bonds. The van der Waals surface area contributed by atoms with E-state index in [1.807, 2.05) is 36.4 Å². The second-order valence-corrected chi connectivity index (χ2v) is 8.86. The lowest BCUT2D eigenvalue weighted by Gasteiger charge is -2.37. The van der Waals surface area contributed by atoms with E-state index in [0.717, 1.165) is 24.2 Å². The van der Waals surface area contributed by atoms with E-state index in [-0.39, 0.29) is 58.7 Å². The number of carbonyl (C=O) groups excluding carboxylic acids is 3. The summed E-state index contributed by atoms with van der Waals surface area (Å²) in [5, 5.41) is 2.91. The molecule has 0 unspecified atom stereocenters. The average molecular weight is 505 g/mol. The molecule has 0 spiro atoms. The lowest BCUT2D eigenvalue weighted by molar-refractivity contribution is -0.141. The molecule has 8 heteroatoms. The summed E-state index contributed by atoms with van der Waals surface area (Å²) < 4.78 is 5.58. The quantitative estimate of drug-likeness (QED) is 0.615. The van der Waals surface area contributed by atoms with Crippen LogP contribution < -0.4 is 5.32 Å². The Bertz CT molecular complexity index is 927. The first-order valence-corrected chi connectivity index (χ1v) is 11.7. The fourth-order valence-electron chi connectivity index (χ4n) is 4.11. The van der Waals surface area contributed by atoms with Crippen LogP contribution in [-0.2, 0) is 20.1 Å². The Balaban J connectivity index is 0.00000193. The molecule has 0 saturated carbocycles. The Kier molecular flexibility index (Phi) is 12.4. The van der Waals surface area contributed by atoms with E-state index in [1.54, 1.807) is 40.9 Å². The van der Waals surface area contributed by atoms with Crippen LogP contribution in [0.15, 0.2) is 60.7 Å². The van der Waals surface area contributed by atoms with Gasteiger partial charge >= 0.3 is 0 Å². The Morgan fingerprint density at radius 2 is 1.71 bits per heavy atom. The van der Waals surface area contributed by atoms with Crippen molar-refractivity contribution in [3.05, 3.63) is 71.8 Å². The Morgan fingerprint density at radius 3 is 2.38 bits per heavy atom. The van der Waals surface area contributed by atoms with Gasteiger partial charge in [0.15, 0.2) is 5.78 Å². The number of thioether (sulfide) groups is 1. The van der Waals surface area contributed by atoms with Gasteiger partial charge in [-0.05, 0) is 30.5 Å². The number of benzene rings is 2. The lowest BCUT2D eigenvalue weighted by Crippen LogP contribution is -2.58. The number of ether oxygens (including phenoxy) is 1. The molecule has 2 heterocycles. The maximum absolute atomic E-state index is 13.5. The predicted molar refractivity (Wildman–Crippen MR) is 144 cm³/mol. The standard InChI is InChI=1S/C24H26N2O4S.2CH4.H2S/c27-20-14-30-21-12-7-13-26(22(20)21)24(29)19(16-31-15-17-8-3-1-4-9-17)25-23(28)18-10-5-2-6-11-18;;;/h1-6,8-11,19,21-22H,7,12-16H2,(H,25,28);2*1H4;1H2/t19-,21+,22+;;;/m0.../s1. The number of nitrogens with one attached hydrogen (secondary N) is 1. The average Bonchev–Trinajstić information content (AvgIpc) is 3.20. The second-order valence-electron chi connectivity index (χ2n) is 7.83. The monoisotopic (exact) mass is 504 g/mol. The van der Waals surface area contributed by atoms with E-state index >= 15 is 0 Å². The van der Waals surface area contributed by atoms with Crippen molar-refractivity contribution in [2.24, 2.45) is 0 Å². The number of carbonyl (C=O) groups is 3. The van der Waals surface area contributed by atoms with Crippen molar-refractivity contribution in [3.63, 3.8) is 0 Å². The van der Waals surface area contributed by atoms with Gasteiger partial charge in [0, 0.05) is 23.6 Å². The van der Waals surface area contributed by atoms with Crippen molar-refractivity contribution < 1.29 is 19.1 Å². The van der Waals surface area contributed by atoms with Crippen LogP contribution in [-0.4, -0.2) is 59.6 Å². The molecule has 2 aliphatic rings. The molecule has 186 valence electrons. The van der Waals surface area contributed by atoms with Gasteiger partial charge in [-0.1, -0.05) is 63.4 Å². The molecule has 6 nitrogen and oxygen atoms in total. The van der Waals surface area contributed by atoms with Crippen molar-refractivity contribution in [1.29, 1.82) is 0 Å². The van der Waals surface area contributed by atoms with Crippen LogP contribution in [0.3, 0.4) is 0 Å². The molecule has 2 saturated heterocycles. The van der Waals surface area contributed by atoms with Crippen LogP contribution in [0, 0.1) is 0 Å². The third-order valence-corrected chi connectivity index (χ3v) is 6.77. The van der Waals surface area contributed by atoms with Crippen molar-refractivity contribution in [1.82, 2.24) is 10.2 Å². The highest BCUT2D eigenvalue weighted by Gasteiger charge is 2.45. The van der Waals surface area contributed by atoms with Gasteiger partial charge in [0.05, 0.1) is 6.10 Å². The minimum Gasteiger partial charge on any atom is -0.368 e. The largest absolute Gasteiger partial charge is 0.368 e. The molecular formula is C26H36N2O4S2. The highest BCUT2D eigenvalue weighted by Crippen LogP contribution is 2.27. The normalized spacial score (nSPS) is 19.5. The van der Waals surface area contributed by atoms with Gasteiger partial charge in [-0.3, -0.25) is 14.4 Å². The Hall–Kier alpha value is -2.29. The van der Waals surface area contributed by atoms with Crippen molar-refractivity contribution in [2.45, 2.75) is 51.6 Å². The van der Waals surface area contributed by atoms with E-state index in [2.05, 4.69) is 5.32 Å². The maximum atomic E-state index is 13.5. The summed E-state index contributed by atoms with van der Waals surface area (Å²) in [6.45, 7) is 0.569. The third-order valence-electron chi connectivity index (χ3n) is 5.66. The number of ketones is 1. The number of Topliss-reactive ketones (excluding diaryl/α,β-unsaturated/α-hetero) is 1. The zero-order valence-electron chi connectivity index (χ0n) is 17.7. The summed E-state index contributed by atoms with van der Waals surface area (Å²) in [7, 11) is 0. The topological polar surface area (TPSA) is 75.7 Å². The zero-order chi connectivity index (χ0) is 21.6. The van der Waals surface area contributed by atoms with Crippen LogP contribution in [0.1, 0.15) is 43.6 Å². The fraction of sp³-hybridized carbons (Fsp3) is 0.423. The number of likely N-dealkylation sites (tertiary alicyclic amines) is 1.